The number of benzene rings is 3. The van der Waals surface area contributed by atoms with E-state index >= 15 is 0 Å². The van der Waals surface area contributed by atoms with Gasteiger partial charge in [-0.05, 0) is 88.1 Å². The molecule has 6 rings (SSSR count). The van der Waals surface area contributed by atoms with E-state index in [-0.39, 0.29) is 19.0 Å². The number of aromatic nitrogens is 1. The third-order valence-corrected chi connectivity index (χ3v) is 8.28. The molecule has 3 heterocycles. The zero-order valence-electron chi connectivity index (χ0n) is 28.4. The maximum atomic E-state index is 14.0. The normalized spacial score (nSPS) is 12.4. The number of aryl methyl sites for hydroxylation is 3. The molecule has 0 fully saturated rings. The summed E-state index contributed by atoms with van der Waals surface area (Å²) in [5.74, 6) is 3.38. The van der Waals surface area contributed by atoms with Gasteiger partial charge in [-0.25, -0.2) is 4.79 Å². The second-order valence-electron chi connectivity index (χ2n) is 12.1. The highest BCUT2D eigenvalue weighted by Crippen LogP contribution is 2.51. The van der Waals surface area contributed by atoms with Crippen LogP contribution in [-0.4, -0.2) is 52.0 Å². The Bertz CT molecular complexity index is 2040. The molecule has 10 nitrogen and oxygen atoms in total. The maximum Gasteiger partial charge on any atom is 0.361 e. The van der Waals surface area contributed by atoms with E-state index in [1.165, 1.54) is 0 Å². The zero-order valence-corrected chi connectivity index (χ0v) is 28.4. The summed E-state index contributed by atoms with van der Waals surface area (Å²) in [6.07, 6.45) is 0.531. The van der Waals surface area contributed by atoms with Gasteiger partial charge in [0, 0.05) is 41.6 Å². The predicted octanol–water partition coefficient (Wildman–Crippen LogP) is 7.53. The maximum absolute atomic E-state index is 14.0. The number of nitrogens with zero attached hydrogens (tertiary/aromatic N) is 1. The van der Waals surface area contributed by atoms with Gasteiger partial charge in [0.1, 0.15) is 11.1 Å². The zero-order chi connectivity index (χ0) is 33.6. The van der Waals surface area contributed by atoms with Crippen molar-refractivity contribution in [3.05, 3.63) is 57.9 Å². The van der Waals surface area contributed by atoms with Gasteiger partial charge in [0.15, 0.2) is 41.3 Å². The first-order chi connectivity index (χ1) is 22.6. The van der Waals surface area contributed by atoms with Crippen molar-refractivity contribution in [2.75, 3.05) is 35.2 Å². The van der Waals surface area contributed by atoms with Crippen LogP contribution in [0.25, 0.3) is 44.3 Å². The average Bonchev–Trinajstić information content (AvgIpc) is 3.39. The van der Waals surface area contributed by atoms with Gasteiger partial charge in [0.2, 0.25) is 0 Å². The summed E-state index contributed by atoms with van der Waals surface area (Å²) < 4.78 is 48.8. The minimum atomic E-state index is -0.446. The lowest BCUT2D eigenvalue weighted by Gasteiger charge is -2.24. The number of hydrogen-bond acceptors (Lipinski definition) is 9. The van der Waals surface area contributed by atoms with Crippen LogP contribution in [0.15, 0.2) is 45.6 Å². The van der Waals surface area contributed by atoms with Crippen molar-refractivity contribution in [1.29, 1.82) is 0 Å². The molecule has 0 spiro atoms. The number of methoxy groups -OCH3 is 4. The summed E-state index contributed by atoms with van der Waals surface area (Å²) in [5, 5.41) is 1.45. The number of hydrogen-bond donors (Lipinski definition) is 0. The van der Waals surface area contributed by atoms with Crippen LogP contribution in [-0.2, 0) is 17.7 Å². The van der Waals surface area contributed by atoms with E-state index in [0.717, 1.165) is 38.9 Å². The van der Waals surface area contributed by atoms with E-state index in [4.69, 9.17) is 37.6 Å². The Morgan fingerprint density at radius 2 is 1.38 bits per heavy atom. The van der Waals surface area contributed by atoms with Gasteiger partial charge >= 0.3 is 5.63 Å². The second kappa shape index (κ2) is 12.8. The summed E-state index contributed by atoms with van der Waals surface area (Å²) in [7, 11) is 6.40. The van der Waals surface area contributed by atoms with E-state index < -0.39 is 5.63 Å². The Balaban J connectivity index is 1.78. The van der Waals surface area contributed by atoms with Crippen molar-refractivity contribution in [2.45, 2.75) is 59.8 Å². The fourth-order valence-corrected chi connectivity index (χ4v) is 6.43. The molecule has 47 heavy (non-hydrogen) atoms. The number of fused-ring (bicyclic) bond motifs is 7. The Kier molecular flexibility index (Phi) is 8.72. The quantitative estimate of drug-likeness (QED) is 0.107. The minimum Gasteiger partial charge on any atom is -0.493 e. The first kappa shape index (κ1) is 32.1. The first-order valence-corrected chi connectivity index (χ1v) is 15.7. The molecule has 0 atom stereocenters. The Hall–Kier alpha value is -4.83. The number of ether oxygens (including phenoxy) is 7. The molecule has 248 valence electrons. The third kappa shape index (κ3) is 5.60. The van der Waals surface area contributed by atoms with Gasteiger partial charge < -0.3 is 42.1 Å². The van der Waals surface area contributed by atoms with Crippen LogP contribution in [0.4, 0.5) is 0 Å². The molecule has 2 aromatic heterocycles. The van der Waals surface area contributed by atoms with Crippen molar-refractivity contribution in [3.63, 3.8) is 0 Å². The van der Waals surface area contributed by atoms with Gasteiger partial charge in [0.05, 0.1) is 39.2 Å². The van der Waals surface area contributed by atoms with Crippen LogP contribution in [0.5, 0.6) is 34.5 Å². The van der Waals surface area contributed by atoms with Gasteiger partial charge in [-0.2, -0.15) is 0 Å². The summed E-state index contributed by atoms with van der Waals surface area (Å²) in [5.41, 5.74) is 5.92. The van der Waals surface area contributed by atoms with Crippen molar-refractivity contribution in [3.8, 4) is 56.9 Å². The average molecular weight is 644 g/mol. The smallest absolute Gasteiger partial charge is 0.361 e. The number of rotatable bonds is 11. The second-order valence-corrected chi connectivity index (χ2v) is 12.1. The molecule has 0 radical (unpaired) electrons. The lowest BCUT2D eigenvalue weighted by atomic mass is 9.90. The van der Waals surface area contributed by atoms with E-state index in [1.807, 2.05) is 65.0 Å². The summed E-state index contributed by atoms with van der Waals surface area (Å²) >= 11 is 0. The molecule has 0 unspecified atom stereocenters. The molecule has 0 saturated carbocycles. The van der Waals surface area contributed by atoms with Gasteiger partial charge in [0.25, 0.3) is 0 Å². The molecule has 0 amide bonds. The van der Waals surface area contributed by atoms with Gasteiger partial charge in [-0.3, -0.25) is 0 Å². The predicted molar refractivity (Wildman–Crippen MR) is 181 cm³/mol. The van der Waals surface area contributed by atoms with Crippen molar-refractivity contribution >= 4 is 21.9 Å². The van der Waals surface area contributed by atoms with E-state index in [1.54, 1.807) is 34.5 Å². The lowest BCUT2D eigenvalue weighted by Crippen LogP contribution is -2.15. The standard InChI is InChI=1S/C37H41NO9/c1-19(2)45-31-13-22-10-11-38-35(24(22)15-28(31)42-8)33(23-14-30(44-18-40-6)27(41-7)12-21(23)5)34-25-16-29(43-9)32(46-20(3)4)17-26(25)47-37(39)36(34)38/h12-17,19-20H,10-11,18H2,1-9H3. The molecule has 1 aliphatic rings. The highest BCUT2D eigenvalue weighted by Gasteiger charge is 2.32. The highest BCUT2D eigenvalue weighted by molar-refractivity contribution is 6.17. The lowest BCUT2D eigenvalue weighted by molar-refractivity contribution is 0.0492. The first-order valence-electron chi connectivity index (χ1n) is 15.7. The highest BCUT2D eigenvalue weighted by atomic mass is 16.7. The van der Waals surface area contributed by atoms with Crippen LogP contribution in [0, 0.1) is 6.92 Å². The molecule has 5 aromatic rings. The summed E-state index contributed by atoms with van der Waals surface area (Å²) in [6.45, 7) is 10.4. The monoisotopic (exact) mass is 643 g/mol. The van der Waals surface area contributed by atoms with Crippen LogP contribution in [0.2, 0.25) is 0 Å². The molecule has 10 heteroatoms. The van der Waals surface area contributed by atoms with Gasteiger partial charge in [-0.1, -0.05) is 0 Å². The van der Waals surface area contributed by atoms with Crippen molar-refractivity contribution in [2.24, 2.45) is 0 Å². The Morgan fingerprint density at radius 1 is 0.766 bits per heavy atom. The van der Waals surface area contributed by atoms with Crippen LogP contribution in [0.3, 0.4) is 0 Å². The molecule has 0 bridgehead atoms. The fourth-order valence-electron chi connectivity index (χ4n) is 6.43. The Morgan fingerprint density at radius 3 is 2.02 bits per heavy atom. The largest absolute Gasteiger partial charge is 0.493 e. The van der Waals surface area contributed by atoms with Crippen LogP contribution >= 0.6 is 0 Å². The van der Waals surface area contributed by atoms with Crippen molar-refractivity contribution < 1.29 is 37.6 Å². The topological polar surface area (TPSA) is 99.8 Å². The van der Waals surface area contributed by atoms with Crippen LogP contribution < -0.4 is 34.0 Å². The van der Waals surface area contributed by atoms with E-state index in [0.29, 0.717) is 63.9 Å². The van der Waals surface area contributed by atoms with Crippen molar-refractivity contribution in [1.82, 2.24) is 4.57 Å². The molecule has 0 saturated heterocycles. The van der Waals surface area contributed by atoms with E-state index in [2.05, 4.69) is 4.57 Å². The molecular formula is C37H41NO9. The Labute approximate surface area is 273 Å². The van der Waals surface area contributed by atoms with Crippen LogP contribution in [0.1, 0.15) is 38.8 Å². The fraction of sp³-hybridized carbons (Fsp3) is 0.378. The SMILES string of the molecule is COCOc1cc(-c2c3n(c4c(=O)oc5cc(OC(C)C)c(OC)cc5c24)CCc2cc(OC(C)C)c(OC)cc2-3)c(C)cc1OC. The summed E-state index contributed by atoms with van der Waals surface area (Å²) in [6, 6.07) is 11.5. The third-order valence-electron chi connectivity index (χ3n) is 8.28. The summed E-state index contributed by atoms with van der Waals surface area (Å²) in [4.78, 5) is 14.0. The molecule has 3 aromatic carbocycles. The van der Waals surface area contributed by atoms with Gasteiger partial charge in [-0.15, -0.1) is 0 Å². The molecule has 0 aliphatic carbocycles. The minimum absolute atomic E-state index is 0.0319. The molecular weight excluding hydrogens is 602 g/mol. The van der Waals surface area contributed by atoms with E-state index in [9.17, 15) is 4.79 Å². The molecule has 1 aliphatic heterocycles. The molecule has 0 N–H and O–H groups in total.